The lowest BCUT2D eigenvalue weighted by Crippen LogP contribution is -2.39. The van der Waals surface area contributed by atoms with Gasteiger partial charge in [-0.1, -0.05) is 12.5 Å². The number of nitrogens with zero attached hydrogens (tertiary/aromatic N) is 2. The summed E-state index contributed by atoms with van der Waals surface area (Å²) in [5, 5.41) is 19.5. The normalized spacial score (nSPS) is 14.0. The average Bonchev–Trinajstić information content (AvgIpc) is 3.02. The molecule has 0 saturated heterocycles. The van der Waals surface area contributed by atoms with E-state index in [-0.39, 0.29) is 22.9 Å². The van der Waals surface area contributed by atoms with E-state index in [9.17, 15) is 4.79 Å². The number of hydrogen-bond donors (Lipinski definition) is 4. The van der Waals surface area contributed by atoms with Crippen LogP contribution in [0.1, 0.15) is 41.0 Å². The Kier molecular flexibility index (Phi) is 4.81. The first-order valence-electron chi connectivity index (χ1n) is 9.61. The fourth-order valence-electron chi connectivity index (χ4n) is 3.46. The van der Waals surface area contributed by atoms with E-state index in [2.05, 4.69) is 21.4 Å². The van der Waals surface area contributed by atoms with Crippen LogP contribution >= 0.6 is 0 Å². The summed E-state index contributed by atoms with van der Waals surface area (Å²) in [4.78, 5) is 20.4. The van der Waals surface area contributed by atoms with Crippen molar-refractivity contribution < 1.29 is 4.79 Å². The number of aromatic nitrogens is 3. The van der Waals surface area contributed by atoms with E-state index in [1.54, 1.807) is 18.3 Å². The number of nitrogens with one attached hydrogen (secondary N) is 4. The van der Waals surface area contributed by atoms with Crippen molar-refractivity contribution in [3.8, 4) is 0 Å². The number of aryl methyl sites for hydroxylation is 1. The summed E-state index contributed by atoms with van der Waals surface area (Å²) in [6.07, 6.45) is 5.37. The lowest BCUT2D eigenvalue weighted by molar-refractivity contribution is 0.0951. The highest BCUT2D eigenvalue weighted by atomic mass is 16.1. The molecule has 7 heteroatoms. The average molecular weight is 376 g/mol. The molecule has 1 fully saturated rings. The molecule has 1 saturated carbocycles. The zero-order chi connectivity index (χ0) is 19.7. The van der Waals surface area contributed by atoms with Gasteiger partial charge in [0, 0.05) is 25.1 Å². The number of carbonyl (C=O) groups is 1. The van der Waals surface area contributed by atoms with Gasteiger partial charge in [0.1, 0.15) is 17.1 Å². The first-order valence-corrected chi connectivity index (χ1v) is 9.61. The number of benzene rings is 1. The molecule has 1 aliphatic rings. The van der Waals surface area contributed by atoms with Crippen molar-refractivity contribution in [1.29, 1.82) is 10.8 Å². The fourth-order valence-corrected chi connectivity index (χ4v) is 3.46. The van der Waals surface area contributed by atoms with E-state index in [0.29, 0.717) is 18.8 Å². The summed E-state index contributed by atoms with van der Waals surface area (Å²) < 4.78 is 1.51. The quantitative estimate of drug-likeness (QED) is 0.405. The van der Waals surface area contributed by atoms with Crippen molar-refractivity contribution in [1.82, 2.24) is 19.9 Å². The molecule has 1 amide bonds. The second kappa shape index (κ2) is 7.42. The number of H-pyrrole nitrogens is 1. The van der Waals surface area contributed by atoms with Crippen molar-refractivity contribution in [2.45, 2.75) is 32.6 Å². The van der Waals surface area contributed by atoms with E-state index < -0.39 is 0 Å². The van der Waals surface area contributed by atoms with Gasteiger partial charge in [-0.2, -0.15) is 0 Å². The molecular formula is C21H24N6O. The summed E-state index contributed by atoms with van der Waals surface area (Å²) >= 11 is 0. The molecule has 0 atom stereocenters. The van der Waals surface area contributed by atoms with Crippen molar-refractivity contribution >= 4 is 22.8 Å². The highest BCUT2D eigenvalue weighted by Crippen LogP contribution is 2.27. The summed E-state index contributed by atoms with van der Waals surface area (Å²) in [6.45, 7) is 2.46. The van der Waals surface area contributed by atoms with E-state index in [4.69, 9.17) is 10.8 Å². The summed E-state index contributed by atoms with van der Waals surface area (Å²) in [6, 6.07) is 9.41. The molecule has 4 rings (SSSR count). The molecule has 0 aliphatic heterocycles. The minimum atomic E-state index is -0.298. The van der Waals surface area contributed by atoms with Gasteiger partial charge in [0.05, 0.1) is 16.6 Å². The van der Waals surface area contributed by atoms with Crippen LogP contribution in [0.25, 0.3) is 11.0 Å². The van der Waals surface area contributed by atoms with Gasteiger partial charge in [0.15, 0.2) is 0 Å². The van der Waals surface area contributed by atoms with Crippen LogP contribution in [-0.4, -0.2) is 32.8 Å². The molecule has 4 N–H and O–H groups in total. The lowest BCUT2D eigenvalue weighted by atomic mass is 9.84. The highest BCUT2D eigenvalue weighted by Gasteiger charge is 2.24. The molecule has 0 bridgehead atoms. The standard InChI is InChI=1S/C21H24N6O/c1-13-7-8-16-17(12-13)26-18(25-16)9-10-24-21(28)15-6-3-11-27(20(15)23)19(22)14-4-2-5-14/h3,6-8,11-12,14,22-23H,2,4-5,9-10H2,1H3,(H,24,28)(H,25,26). The van der Waals surface area contributed by atoms with Crippen molar-refractivity contribution in [2.24, 2.45) is 5.92 Å². The van der Waals surface area contributed by atoms with Crippen LogP contribution in [0.15, 0.2) is 36.5 Å². The number of amides is 1. The number of hydrogen-bond acceptors (Lipinski definition) is 4. The van der Waals surface area contributed by atoms with Crippen LogP contribution < -0.4 is 10.8 Å². The Labute approximate surface area is 162 Å². The number of pyridine rings is 1. The maximum absolute atomic E-state index is 12.6. The minimum Gasteiger partial charge on any atom is -0.351 e. The molecule has 2 heterocycles. The molecule has 28 heavy (non-hydrogen) atoms. The van der Waals surface area contributed by atoms with Crippen LogP contribution in [0, 0.1) is 23.7 Å². The lowest BCUT2D eigenvalue weighted by Gasteiger charge is -2.27. The molecule has 144 valence electrons. The number of rotatable bonds is 5. The van der Waals surface area contributed by atoms with Gasteiger partial charge < -0.3 is 10.3 Å². The predicted octanol–water partition coefficient (Wildman–Crippen LogP) is 2.75. The SMILES string of the molecule is Cc1ccc2nc(CCNC(=O)c3cccn(C(=N)C4CCC4)c3=N)[nH]c2c1. The smallest absolute Gasteiger partial charge is 0.255 e. The molecule has 1 aliphatic carbocycles. The van der Waals surface area contributed by atoms with Crippen molar-refractivity contribution in [3.63, 3.8) is 0 Å². The Morgan fingerprint density at radius 1 is 1.36 bits per heavy atom. The third-order valence-corrected chi connectivity index (χ3v) is 5.32. The first kappa shape index (κ1) is 18.2. The molecule has 7 nitrogen and oxygen atoms in total. The minimum absolute atomic E-state index is 0.0658. The molecule has 0 radical (unpaired) electrons. The Bertz CT molecular complexity index is 1110. The molecule has 1 aromatic carbocycles. The van der Waals surface area contributed by atoms with Gasteiger partial charge >= 0.3 is 0 Å². The van der Waals surface area contributed by atoms with E-state index >= 15 is 0 Å². The van der Waals surface area contributed by atoms with Crippen LogP contribution in [0.5, 0.6) is 0 Å². The Morgan fingerprint density at radius 3 is 2.93 bits per heavy atom. The largest absolute Gasteiger partial charge is 0.351 e. The van der Waals surface area contributed by atoms with Crippen LogP contribution in [0.2, 0.25) is 0 Å². The zero-order valence-electron chi connectivity index (χ0n) is 15.9. The molecule has 0 unspecified atom stereocenters. The summed E-state index contributed by atoms with van der Waals surface area (Å²) in [5.41, 5.74) is 3.43. The second-order valence-corrected chi connectivity index (χ2v) is 7.36. The maximum atomic E-state index is 12.6. The van der Waals surface area contributed by atoms with Gasteiger partial charge in [-0.3, -0.25) is 20.2 Å². The van der Waals surface area contributed by atoms with Gasteiger partial charge in [-0.25, -0.2) is 4.98 Å². The van der Waals surface area contributed by atoms with Gasteiger partial charge in [-0.05, 0) is 49.6 Å². The summed E-state index contributed by atoms with van der Waals surface area (Å²) in [7, 11) is 0. The van der Waals surface area contributed by atoms with E-state index in [1.807, 2.05) is 19.1 Å². The second-order valence-electron chi connectivity index (χ2n) is 7.36. The maximum Gasteiger partial charge on any atom is 0.255 e. The number of aromatic amines is 1. The third kappa shape index (κ3) is 3.47. The topological polar surface area (TPSA) is 110 Å². The Morgan fingerprint density at radius 2 is 2.18 bits per heavy atom. The zero-order valence-corrected chi connectivity index (χ0v) is 15.9. The number of carbonyl (C=O) groups excluding carboxylic acids is 1. The number of imidazole rings is 1. The van der Waals surface area contributed by atoms with Crippen LogP contribution in [0.4, 0.5) is 0 Å². The van der Waals surface area contributed by atoms with Crippen molar-refractivity contribution in [3.05, 3.63) is 59.0 Å². The molecule has 2 aromatic heterocycles. The Balaban J connectivity index is 1.42. The summed E-state index contributed by atoms with van der Waals surface area (Å²) in [5.74, 6) is 1.13. The van der Waals surface area contributed by atoms with Gasteiger partial charge in [-0.15, -0.1) is 0 Å². The van der Waals surface area contributed by atoms with Gasteiger partial charge in [0.25, 0.3) is 5.91 Å². The molecule has 3 aromatic rings. The number of fused-ring (bicyclic) bond motifs is 1. The first-order chi connectivity index (χ1) is 13.5. The van der Waals surface area contributed by atoms with E-state index in [1.165, 1.54) is 10.1 Å². The van der Waals surface area contributed by atoms with Crippen molar-refractivity contribution in [2.75, 3.05) is 6.54 Å². The van der Waals surface area contributed by atoms with Crippen LogP contribution in [0.3, 0.4) is 0 Å². The monoisotopic (exact) mass is 376 g/mol. The van der Waals surface area contributed by atoms with Gasteiger partial charge in [0.2, 0.25) is 0 Å². The fraction of sp³-hybridized carbons (Fsp3) is 0.333. The predicted molar refractivity (Wildman–Crippen MR) is 108 cm³/mol. The highest BCUT2D eigenvalue weighted by molar-refractivity contribution is 5.94. The van der Waals surface area contributed by atoms with Crippen LogP contribution in [-0.2, 0) is 6.42 Å². The Hall–Kier alpha value is -3.22. The molecular weight excluding hydrogens is 352 g/mol. The van der Waals surface area contributed by atoms with E-state index in [0.717, 1.165) is 36.1 Å². The third-order valence-electron chi connectivity index (χ3n) is 5.32. The molecule has 0 spiro atoms.